The first-order valence-corrected chi connectivity index (χ1v) is 6.03. The molecule has 0 radical (unpaired) electrons. The number of carbonyl (C=O) groups excluding carboxylic acids is 1. The van der Waals surface area contributed by atoms with Gasteiger partial charge in [0.05, 0.1) is 16.2 Å². The highest BCUT2D eigenvalue weighted by Gasteiger charge is 2.28. The van der Waals surface area contributed by atoms with Crippen molar-refractivity contribution in [3.8, 4) is 0 Å². The maximum atomic E-state index is 12.2. The number of para-hydroxylation sites is 2. The Morgan fingerprint density at radius 3 is 2.80 bits per heavy atom. The quantitative estimate of drug-likeness (QED) is 0.660. The molecule has 7 nitrogen and oxygen atoms in total. The van der Waals surface area contributed by atoms with Crippen molar-refractivity contribution < 1.29 is 19.1 Å². The molecule has 1 heterocycles. The van der Waals surface area contributed by atoms with Crippen molar-refractivity contribution in [1.29, 1.82) is 0 Å². The topological polar surface area (TPSA) is 97.5 Å². The number of rotatable bonds is 3. The number of aromatic nitrogens is 2. The second-order valence-corrected chi connectivity index (χ2v) is 4.46. The van der Waals surface area contributed by atoms with E-state index in [9.17, 15) is 14.9 Å². The molecule has 106 valence electrons. The number of esters is 1. The number of benzene rings is 1. The molecular weight excluding hydrogens is 264 g/mol. The van der Waals surface area contributed by atoms with Gasteiger partial charge in [-0.2, -0.15) is 0 Å². The van der Waals surface area contributed by atoms with Crippen LogP contribution in [0.2, 0.25) is 0 Å². The smallest absolute Gasteiger partial charge is 0.410 e. The zero-order chi connectivity index (χ0) is 14.9. The molecule has 2 rings (SSSR count). The van der Waals surface area contributed by atoms with Crippen LogP contribution in [0.1, 0.15) is 23.1 Å². The Labute approximate surface area is 114 Å². The van der Waals surface area contributed by atoms with Crippen LogP contribution in [0.25, 0.3) is 11.0 Å². The van der Waals surface area contributed by atoms with E-state index in [4.69, 9.17) is 9.84 Å². The van der Waals surface area contributed by atoms with Gasteiger partial charge in [0.1, 0.15) is 12.1 Å². The van der Waals surface area contributed by atoms with Crippen molar-refractivity contribution in [2.75, 3.05) is 6.61 Å². The van der Waals surface area contributed by atoms with Crippen molar-refractivity contribution in [2.24, 2.45) is 0 Å². The van der Waals surface area contributed by atoms with E-state index in [0.29, 0.717) is 9.16 Å². The zero-order valence-electron chi connectivity index (χ0n) is 11.1. The van der Waals surface area contributed by atoms with E-state index in [0.717, 1.165) is 0 Å². The van der Waals surface area contributed by atoms with Crippen molar-refractivity contribution in [1.82, 2.24) is 4.73 Å². The molecule has 1 unspecified atom stereocenters. The molecule has 7 heteroatoms. The molecule has 0 spiro atoms. The van der Waals surface area contributed by atoms with Gasteiger partial charge in [-0.1, -0.05) is 12.1 Å². The largest absolute Gasteiger partial charge is 0.805 e. The normalized spacial score (nSPS) is 12.3. The van der Waals surface area contributed by atoms with E-state index in [1.54, 1.807) is 12.1 Å². The van der Waals surface area contributed by atoms with Crippen molar-refractivity contribution in [3.63, 3.8) is 0 Å². The van der Waals surface area contributed by atoms with Crippen LogP contribution in [-0.4, -0.2) is 28.5 Å². The Morgan fingerprint density at radius 2 is 2.15 bits per heavy atom. The van der Waals surface area contributed by atoms with Gasteiger partial charge in [-0.25, -0.2) is 4.79 Å². The fourth-order valence-electron chi connectivity index (χ4n) is 1.85. The van der Waals surface area contributed by atoms with Crippen molar-refractivity contribution >= 4 is 17.0 Å². The molecular formula is C13H14N2O5. The maximum Gasteiger partial charge on any atom is 0.410 e. The van der Waals surface area contributed by atoms with Crippen molar-refractivity contribution in [2.45, 2.75) is 20.0 Å². The second kappa shape index (κ2) is 5.30. The third-order valence-corrected chi connectivity index (χ3v) is 2.82. The summed E-state index contributed by atoms with van der Waals surface area (Å²) in [6.45, 7) is 2.57. The number of carbonyl (C=O) groups is 1. The van der Waals surface area contributed by atoms with Gasteiger partial charge in [0, 0.05) is 11.0 Å². The van der Waals surface area contributed by atoms with Crippen LogP contribution in [-0.2, 0) is 4.74 Å². The molecule has 0 saturated heterocycles. The molecule has 0 fully saturated rings. The SMILES string of the molecule is Cc1c(C(=O)OCC(C)O)[n+](=O)c2ccccc2n1[O-]. The Balaban J connectivity index is 2.59. The minimum Gasteiger partial charge on any atom is -0.805 e. The Bertz CT molecular complexity index is 721. The molecule has 0 saturated carbocycles. The van der Waals surface area contributed by atoms with Gasteiger partial charge in [-0.3, -0.25) is 0 Å². The van der Waals surface area contributed by atoms with Crippen LogP contribution in [0.15, 0.2) is 24.3 Å². The maximum absolute atomic E-state index is 12.2. The molecule has 1 aromatic carbocycles. The van der Waals surface area contributed by atoms with Crippen LogP contribution >= 0.6 is 0 Å². The predicted octanol–water partition coefficient (Wildman–Crippen LogP) is 0.748. The first-order valence-electron chi connectivity index (χ1n) is 6.03. The molecule has 20 heavy (non-hydrogen) atoms. The van der Waals surface area contributed by atoms with Crippen LogP contribution in [0.3, 0.4) is 0 Å². The number of aliphatic hydroxyl groups is 1. The number of hydrogen-bond donors (Lipinski definition) is 1. The fraction of sp³-hybridized carbons (Fsp3) is 0.308. The number of aliphatic hydroxyl groups excluding tert-OH is 1. The minimum atomic E-state index is -0.936. The third-order valence-electron chi connectivity index (χ3n) is 2.82. The lowest BCUT2D eigenvalue weighted by molar-refractivity contribution is -0.469. The average Bonchev–Trinajstić information content (AvgIpc) is 2.43. The summed E-state index contributed by atoms with van der Waals surface area (Å²) in [6, 6.07) is 6.16. The zero-order valence-corrected chi connectivity index (χ0v) is 11.1. The standard InChI is InChI=1S/C13H14N2O5/c1-8(16)7-20-13(17)12-9(2)14(18)10-5-3-4-6-11(10)15(12)19/h3-6,8,16H,7H2,1-2H3. The molecule has 0 aliphatic heterocycles. The highest BCUT2D eigenvalue weighted by Crippen LogP contribution is 2.14. The van der Waals surface area contributed by atoms with Crippen LogP contribution < -0.4 is 4.43 Å². The average molecular weight is 278 g/mol. The lowest BCUT2D eigenvalue weighted by Crippen LogP contribution is -2.32. The summed E-state index contributed by atoms with van der Waals surface area (Å²) in [5, 5.41) is 21.1. The minimum absolute atomic E-state index is 0.0470. The molecule has 0 bridgehead atoms. The highest BCUT2D eigenvalue weighted by molar-refractivity contribution is 5.88. The molecule has 1 atom stereocenters. The first-order chi connectivity index (χ1) is 9.43. The fourth-order valence-corrected chi connectivity index (χ4v) is 1.85. The first kappa shape index (κ1) is 14.0. The molecule has 0 aliphatic rings. The number of nitrogens with zero attached hydrogens (tertiary/aromatic N) is 2. The van der Waals surface area contributed by atoms with Crippen LogP contribution in [0, 0.1) is 17.0 Å². The van der Waals surface area contributed by atoms with Crippen LogP contribution in [0.4, 0.5) is 0 Å². The Kier molecular flexibility index (Phi) is 3.71. The second-order valence-electron chi connectivity index (χ2n) is 4.46. The van der Waals surface area contributed by atoms with E-state index in [1.807, 2.05) is 0 Å². The third kappa shape index (κ3) is 2.35. The van der Waals surface area contributed by atoms with Gasteiger partial charge in [-0.15, -0.1) is 0 Å². The summed E-state index contributed by atoms with van der Waals surface area (Å²) in [5.41, 5.74) is -0.169. The predicted molar refractivity (Wildman–Crippen MR) is 70.8 cm³/mol. The molecule has 0 aliphatic carbocycles. The number of fused-ring (bicyclic) bond motifs is 1. The summed E-state index contributed by atoms with van der Waals surface area (Å²) in [7, 11) is 0. The number of ether oxygens (including phenoxy) is 1. The molecule has 1 N–H and O–H groups in total. The summed E-state index contributed by atoms with van der Waals surface area (Å²) in [5.74, 6) is -0.936. The van der Waals surface area contributed by atoms with E-state index < -0.39 is 12.1 Å². The van der Waals surface area contributed by atoms with E-state index in [1.165, 1.54) is 26.0 Å². The molecule has 0 amide bonds. The van der Waals surface area contributed by atoms with Gasteiger partial charge < -0.3 is 19.8 Å². The van der Waals surface area contributed by atoms with E-state index in [-0.39, 0.29) is 29.0 Å². The highest BCUT2D eigenvalue weighted by atomic mass is 16.5. The van der Waals surface area contributed by atoms with E-state index in [2.05, 4.69) is 0 Å². The monoisotopic (exact) mass is 278 g/mol. The van der Waals surface area contributed by atoms with Gasteiger partial charge in [0.2, 0.25) is 0 Å². The molecule has 1 aromatic heterocycles. The van der Waals surface area contributed by atoms with E-state index >= 15 is 0 Å². The summed E-state index contributed by atoms with van der Waals surface area (Å²) in [4.78, 5) is 24.1. The lowest BCUT2D eigenvalue weighted by atomic mass is 10.2. The van der Waals surface area contributed by atoms with Gasteiger partial charge >= 0.3 is 11.7 Å². The molecule has 2 aromatic rings. The van der Waals surface area contributed by atoms with Crippen LogP contribution in [0.5, 0.6) is 0 Å². The van der Waals surface area contributed by atoms with Gasteiger partial charge in [0.25, 0.3) is 5.52 Å². The Hall–Kier alpha value is -2.41. The summed E-state index contributed by atoms with van der Waals surface area (Å²) >= 11 is 0. The number of hydrogen-bond acceptors (Lipinski definition) is 5. The van der Waals surface area contributed by atoms with Gasteiger partial charge in [0.15, 0.2) is 0 Å². The van der Waals surface area contributed by atoms with Gasteiger partial charge in [-0.05, 0) is 19.9 Å². The lowest BCUT2D eigenvalue weighted by Gasteiger charge is -2.16. The summed E-state index contributed by atoms with van der Waals surface area (Å²) < 4.78 is 5.69. The van der Waals surface area contributed by atoms with Crippen molar-refractivity contribution in [3.05, 3.63) is 45.8 Å². The summed E-state index contributed by atoms with van der Waals surface area (Å²) in [6.07, 6.45) is -0.848. The Morgan fingerprint density at radius 1 is 1.50 bits per heavy atom.